The first kappa shape index (κ1) is 37.3. The minimum Gasteiger partial charge on any atom is -0.489 e. The monoisotopic (exact) mass is 715 g/mol. The highest BCUT2D eigenvalue weighted by Crippen LogP contribution is 2.49. The second-order valence-corrected chi connectivity index (χ2v) is 16.7. The van der Waals surface area contributed by atoms with E-state index in [1.165, 1.54) is 19.6 Å². The van der Waals surface area contributed by atoms with Gasteiger partial charge >= 0.3 is 24.7 Å². The summed E-state index contributed by atoms with van der Waals surface area (Å²) in [5.41, 5.74) is -11.2. The van der Waals surface area contributed by atoms with Gasteiger partial charge in [-0.25, -0.2) is 0 Å². The normalized spacial score (nSPS) is 18.2. The quantitative estimate of drug-likeness (QED) is 0.186. The molecule has 0 spiro atoms. The highest BCUT2D eigenvalue weighted by molar-refractivity contribution is 6.69. The maximum Gasteiger partial charge on any atom is 0.416 e. The van der Waals surface area contributed by atoms with Crippen LogP contribution in [0, 0.1) is 0 Å². The zero-order chi connectivity index (χ0) is 36.1. The fourth-order valence-corrected chi connectivity index (χ4v) is 6.90. The lowest BCUT2D eigenvalue weighted by molar-refractivity contribution is -0.144. The van der Waals surface area contributed by atoms with Gasteiger partial charge in [0.05, 0.1) is 22.3 Å². The molecule has 2 atom stereocenters. The molecule has 1 aliphatic rings. The zero-order valence-corrected chi connectivity index (χ0v) is 26.5. The second kappa shape index (κ2) is 12.7. The molecule has 3 aromatic carbocycles. The van der Waals surface area contributed by atoms with Gasteiger partial charge in [-0.05, 0) is 84.9 Å². The Balaban J connectivity index is 2.07. The smallest absolute Gasteiger partial charge is 0.416 e. The summed E-state index contributed by atoms with van der Waals surface area (Å²) in [6, 6.07) is 5.64. The van der Waals surface area contributed by atoms with Gasteiger partial charge in [0.15, 0.2) is 8.32 Å². The predicted molar refractivity (Wildman–Crippen MR) is 155 cm³/mol. The Labute approximate surface area is 268 Å². The van der Waals surface area contributed by atoms with Gasteiger partial charge < -0.3 is 14.5 Å². The molecule has 0 amide bonds. The molecule has 16 heteroatoms. The lowest BCUT2D eigenvalue weighted by Gasteiger charge is -2.45. The largest absolute Gasteiger partial charge is 0.489 e. The van der Waals surface area contributed by atoms with Crippen molar-refractivity contribution in [2.24, 2.45) is 0 Å². The van der Waals surface area contributed by atoms with Crippen molar-refractivity contribution in [2.75, 3.05) is 6.54 Å². The molecular formula is C32H29F12NO2Si. The van der Waals surface area contributed by atoms with Crippen molar-refractivity contribution in [2.45, 2.75) is 68.5 Å². The van der Waals surface area contributed by atoms with Gasteiger partial charge in [-0.1, -0.05) is 24.8 Å². The molecule has 262 valence electrons. The summed E-state index contributed by atoms with van der Waals surface area (Å²) >= 11 is 0. The molecule has 3 aromatic rings. The van der Waals surface area contributed by atoms with Gasteiger partial charge in [0.1, 0.15) is 17.5 Å². The first-order chi connectivity index (χ1) is 21.8. The number of nitrogens with one attached hydrogen (secondary N) is 1. The average molecular weight is 716 g/mol. The van der Waals surface area contributed by atoms with Crippen molar-refractivity contribution in [3.8, 4) is 5.75 Å². The Bertz CT molecular complexity index is 1480. The predicted octanol–water partition coefficient (Wildman–Crippen LogP) is 10.3. The highest BCUT2D eigenvalue weighted by atomic mass is 28.4. The van der Waals surface area contributed by atoms with E-state index in [-0.39, 0.29) is 49.4 Å². The molecule has 1 N–H and O–H groups in total. The van der Waals surface area contributed by atoms with E-state index in [1.54, 1.807) is 30.3 Å². The maximum absolute atomic E-state index is 14.1. The molecule has 1 aliphatic heterocycles. The van der Waals surface area contributed by atoms with E-state index in [0.29, 0.717) is 5.75 Å². The van der Waals surface area contributed by atoms with Gasteiger partial charge in [-0.3, -0.25) is 0 Å². The van der Waals surface area contributed by atoms with Crippen LogP contribution in [-0.2, 0) is 34.7 Å². The molecule has 0 bridgehead atoms. The Morgan fingerprint density at radius 3 is 1.35 bits per heavy atom. The number of benzene rings is 3. The summed E-state index contributed by atoms with van der Waals surface area (Å²) < 4.78 is 182. The second-order valence-electron chi connectivity index (χ2n) is 12.2. The summed E-state index contributed by atoms with van der Waals surface area (Å²) in [7, 11) is -3.30. The summed E-state index contributed by atoms with van der Waals surface area (Å²) in [5.74, 6) is 0.293. The molecule has 0 aromatic heterocycles. The van der Waals surface area contributed by atoms with Crippen molar-refractivity contribution in [3.05, 3.63) is 106 Å². The Hall–Kier alpha value is -3.50. The summed E-state index contributed by atoms with van der Waals surface area (Å²) in [6.07, 6.45) is -21.2. The van der Waals surface area contributed by atoms with E-state index < -0.39 is 84.2 Å². The lowest BCUT2D eigenvalue weighted by atomic mass is 9.77. The van der Waals surface area contributed by atoms with E-state index in [4.69, 9.17) is 9.16 Å². The number of rotatable bonds is 8. The fourth-order valence-electron chi connectivity index (χ4n) is 5.56. The van der Waals surface area contributed by atoms with Crippen molar-refractivity contribution < 1.29 is 61.8 Å². The number of hydrogen-bond donors (Lipinski definition) is 1. The summed E-state index contributed by atoms with van der Waals surface area (Å²) in [5, 5.41) is 2.87. The van der Waals surface area contributed by atoms with Crippen LogP contribution in [0.5, 0.6) is 5.75 Å². The molecule has 1 heterocycles. The average Bonchev–Trinajstić information content (AvgIpc) is 3.42. The van der Waals surface area contributed by atoms with Crippen molar-refractivity contribution >= 4 is 14.4 Å². The highest BCUT2D eigenvalue weighted by Gasteiger charge is 2.52. The van der Waals surface area contributed by atoms with Gasteiger partial charge in [-0.2, -0.15) is 52.7 Å². The van der Waals surface area contributed by atoms with Gasteiger partial charge in [0, 0.05) is 19.0 Å². The van der Waals surface area contributed by atoms with E-state index >= 15 is 0 Å². The minimum absolute atomic E-state index is 0.138. The Kier molecular flexibility index (Phi) is 9.91. The molecule has 3 nitrogen and oxygen atoms in total. The van der Waals surface area contributed by atoms with Crippen LogP contribution in [0.3, 0.4) is 0 Å². The third-order valence-corrected chi connectivity index (χ3v) is 8.43. The molecule has 0 unspecified atom stereocenters. The van der Waals surface area contributed by atoms with Crippen LogP contribution in [-0.4, -0.2) is 27.0 Å². The first-order valence-corrected chi connectivity index (χ1v) is 17.7. The third kappa shape index (κ3) is 8.37. The maximum atomic E-state index is 14.1. The zero-order valence-electron chi connectivity index (χ0n) is 25.5. The number of alkyl halides is 12. The molecular weight excluding hydrogens is 686 g/mol. The van der Waals surface area contributed by atoms with Gasteiger partial charge in [-0.15, -0.1) is 0 Å². The van der Waals surface area contributed by atoms with E-state index in [2.05, 4.69) is 11.9 Å². The summed E-state index contributed by atoms with van der Waals surface area (Å²) in [6.45, 7) is 7.83. The third-order valence-electron chi connectivity index (χ3n) is 7.50. The van der Waals surface area contributed by atoms with Crippen molar-refractivity contribution in [1.29, 1.82) is 0 Å². The van der Waals surface area contributed by atoms with E-state index in [1.807, 2.05) is 0 Å². The molecule has 0 radical (unpaired) electrons. The molecule has 0 saturated carbocycles. The first-order valence-electron chi connectivity index (χ1n) is 14.3. The van der Waals surface area contributed by atoms with Gasteiger partial charge in [0.25, 0.3) is 0 Å². The molecule has 48 heavy (non-hydrogen) atoms. The van der Waals surface area contributed by atoms with Crippen LogP contribution in [0.2, 0.25) is 19.6 Å². The number of hydrogen-bond acceptors (Lipinski definition) is 3. The Morgan fingerprint density at radius 2 is 1.02 bits per heavy atom. The Morgan fingerprint density at radius 1 is 0.646 bits per heavy atom. The fraction of sp³-hybridized carbons (Fsp3) is 0.375. The molecule has 4 rings (SSSR count). The number of halogens is 12. The minimum atomic E-state index is -5.39. The number of ether oxygens (including phenoxy) is 1. The van der Waals surface area contributed by atoms with Crippen LogP contribution < -0.4 is 10.1 Å². The van der Waals surface area contributed by atoms with E-state index in [0.717, 1.165) is 5.56 Å². The van der Waals surface area contributed by atoms with Crippen LogP contribution in [0.15, 0.2) is 67.2 Å². The van der Waals surface area contributed by atoms with Crippen LogP contribution in [0.4, 0.5) is 52.7 Å². The SMILES string of the molecule is C=Cc1ccc(O[C@H]2CN[C@H](C(O[Si](C)(C)C)(c3cc(C(F)(F)F)cc(C(F)(F)F)c3)c3cc(C(F)(F)F)cc(C(F)(F)F)c3)C2)cc1. The van der Waals surface area contributed by atoms with Crippen molar-refractivity contribution in [3.63, 3.8) is 0 Å². The molecule has 0 aliphatic carbocycles. The van der Waals surface area contributed by atoms with Crippen molar-refractivity contribution in [1.82, 2.24) is 5.32 Å². The topological polar surface area (TPSA) is 30.5 Å². The van der Waals surface area contributed by atoms with Crippen LogP contribution >= 0.6 is 0 Å². The van der Waals surface area contributed by atoms with Crippen LogP contribution in [0.1, 0.15) is 45.4 Å². The standard InChI is InChI=1S/C32H29F12NO2Si/c1-5-18-6-8-25(9-7-18)46-26-16-27(45-17-26)28(47-48(2,3)4,19-10-21(29(33,34)35)14-22(11-19)30(36,37)38)20-12-23(31(39,40)41)15-24(13-20)32(42,43)44/h5-15,26-27,45H,1,16-17H2,2-4H3/t26-,27+/m1/s1. The molecule has 1 fully saturated rings. The molecule has 1 saturated heterocycles. The summed E-state index contributed by atoms with van der Waals surface area (Å²) in [4.78, 5) is 0. The lowest BCUT2D eigenvalue weighted by Crippen LogP contribution is -2.53. The van der Waals surface area contributed by atoms with Gasteiger partial charge in [0.2, 0.25) is 0 Å². The van der Waals surface area contributed by atoms with Crippen LogP contribution in [0.25, 0.3) is 6.08 Å². The van der Waals surface area contributed by atoms with E-state index in [9.17, 15) is 52.7 Å².